The molecule has 0 aliphatic heterocycles. The van der Waals surface area contributed by atoms with E-state index in [1.54, 1.807) is 6.92 Å². The Balaban J connectivity index is 1.53. The predicted molar refractivity (Wildman–Crippen MR) is 153 cm³/mol. The number of hydrogen-bond donors (Lipinski definition) is 1. The summed E-state index contributed by atoms with van der Waals surface area (Å²) in [5.41, 5.74) is 3.57. The lowest BCUT2D eigenvalue weighted by atomic mass is 9.48. The van der Waals surface area contributed by atoms with Crippen LogP contribution in [-0.4, -0.2) is 22.5 Å². The van der Waals surface area contributed by atoms with E-state index in [0.29, 0.717) is 35.7 Å². The van der Waals surface area contributed by atoms with Crippen molar-refractivity contribution in [3.8, 4) is 0 Å². The highest BCUT2D eigenvalue weighted by Crippen LogP contribution is 2.78. The molecule has 39 heavy (non-hydrogen) atoms. The third kappa shape index (κ3) is 3.38. The van der Waals surface area contributed by atoms with E-state index in [2.05, 4.69) is 34.6 Å². The lowest BCUT2D eigenvalue weighted by Gasteiger charge is -2.55. The minimum Gasteiger partial charge on any atom is -0.504 e. The number of Topliss-reactive ketones (excluding diaryl/α,β-unsaturated/α-hetero) is 3. The fourth-order valence-corrected chi connectivity index (χ4v) is 10.9. The molecule has 6 aliphatic carbocycles. The van der Waals surface area contributed by atoms with Crippen LogP contribution in [0.15, 0.2) is 33.6 Å². The molecule has 0 radical (unpaired) electrons. The number of carbonyl (C=O) groups excluding carboxylic acids is 3. The van der Waals surface area contributed by atoms with Crippen molar-refractivity contribution in [2.45, 2.75) is 107 Å². The van der Waals surface area contributed by atoms with Gasteiger partial charge in [-0.05, 0) is 103 Å². The van der Waals surface area contributed by atoms with E-state index in [1.807, 2.05) is 13.8 Å². The van der Waals surface area contributed by atoms with Gasteiger partial charge in [0.15, 0.2) is 11.5 Å². The Morgan fingerprint density at radius 3 is 2.33 bits per heavy atom. The van der Waals surface area contributed by atoms with Crippen LogP contribution in [0.3, 0.4) is 0 Å². The van der Waals surface area contributed by atoms with Gasteiger partial charge in [-0.2, -0.15) is 0 Å². The van der Waals surface area contributed by atoms with Crippen molar-refractivity contribution in [3.05, 3.63) is 33.6 Å². The predicted octanol–water partition coefficient (Wildman–Crippen LogP) is 7.73. The molecule has 1 spiro atoms. The van der Waals surface area contributed by atoms with Gasteiger partial charge in [-0.15, -0.1) is 0 Å². The van der Waals surface area contributed by atoms with Gasteiger partial charge in [-0.25, -0.2) is 0 Å². The first-order valence-corrected chi connectivity index (χ1v) is 15.7. The molecule has 0 aromatic heterocycles. The van der Waals surface area contributed by atoms with Crippen molar-refractivity contribution >= 4 is 17.3 Å². The summed E-state index contributed by atoms with van der Waals surface area (Å²) >= 11 is 0. The zero-order chi connectivity index (χ0) is 28.4. The fraction of sp³-hybridized carbons (Fsp3) is 0.743. The molecule has 4 nitrogen and oxygen atoms in total. The van der Waals surface area contributed by atoms with E-state index in [-0.39, 0.29) is 51.7 Å². The van der Waals surface area contributed by atoms with Crippen molar-refractivity contribution < 1.29 is 19.5 Å². The molecule has 6 rings (SSSR count). The van der Waals surface area contributed by atoms with Crippen molar-refractivity contribution in [2.24, 2.45) is 57.7 Å². The Kier molecular flexibility index (Phi) is 5.95. The summed E-state index contributed by atoms with van der Waals surface area (Å²) < 4.78 is 0. The lowest BCUT2D eigenvalue weighted by molar-refractivity contribution is -0.124. The van der Waals surface area contributed by atoms with Crippen LogP contribution >= 0.6 is 0 Å². The highest BCUT2D eigenvalue weighted by Gasteiger charge is 2.75. The molecule has 3 saturated carbocycles. The Morgan fingerprint density at radius 2 is 1.72 bits per heavy atom. The van der Waals surface area contributed by atoms with Gasteiger partial charge < -0.3 is 9.90 Å². The van der Waals surface area contributed by atoms with Gasteiger partial charge in [0.25, 0.3) is 0 Å². The lowest BCUT2D eigenvalue weighted by Crippen LogP contribution is -2.47. The maximum atomic E-state index is 15.0. The third-order valence-corrected chi connectivity index (χ3v) is 12.5. The van der Waals surface area contributed by atoms with E-state index in [4.69, 9.17) is 0 Å². The van der Waals surface area contributed by atoms with Crippen molar-refractivity contribution in [1.29, 1.82) is 0 Å². The molecular weight excluding hydrogens is 484 g/mol. The minimum absolute atomic E-state index is 0.0375. The molecule has 0 aromatic carbocycles. The summed E-state index contributed by atoms with van der Waals surface area (Å²) in [7, 11) is 0. The number of aliphatic hydroxyl groups excluding tert-OH is 1. The maximum absolute atomic E-state index is 15.0. The maximum Gasteiger partial charge on any atom is 0.224 e. The summed E-state index contributed by atoms with van der Waals surface area (Å²) in [5.74, 6) is 2.41. The largest absolute Gasteiger partial charge is 0.504 e. The second-order valence-electron chi connectivity index (χ2n) is 15.6. The molecule has 0 bridgehead atoms. The summed E-state index contributed by atoms with van der Waals surface area (Å²) in [6, 6.07) is 0. The second-order valence-corrected chi connectivity index (χ2v) is 15.6. The second kappa shape index (κ2) is 8.52. The first kappa shape index (κ1) is 27.2. The van der Waals surface area contributed by atoms with E-state index in [0.717, 1.165) is 67.2 Å². The molecule has 4 heteroatoms. The van der Waals surface area contributed by atoms with Crippen LogP contribution in [0.1, 0.15) is 107 Å². The molecular formula is C35H48O4. The SMILES string of the molecule is CC(=O)CC[C@@H](C(C)C)[C@H]1[C@@H]2CC[C@@]3(C(=O)C4=C5C3=C(C(C)C)C(=O)C(O)=C5[C@@]3(C)CCCC(C)(C)[C@@H]3C4)[C@@H]21. The Hall–Kier alpha value is -1.97. The number of ketones is 3. The van der Waals surface area contributed by atoms with Gasteiger partial charge in [0.2, 0.25) is 5.78 Å². The molecule has 0 aromatic rings. The third-order valence-electron chi connectivity index (χ3n) is 12.5. The van der Waals surface area contributed by atoms with E-state index < -0.39 is 5.41 Å². The topological polar surface area (TPSA) is 71.4 Å². The molecule has 0 unspecified atom stereocenters. The number of fused-ring (bicyclic) bond motifs is 5. The van der Waals surface area contributed by atoms with E-state index in [1.165, 1.54) is 0 Å². The van der Waals surface area contributed by atoms with Crippen LogP contribution in [0.4, 0.5) is 0 Å². The molecule has 3 fully saturated rings. The number of allylic oxidation sites excluding steroid dienone is 5. The number of aliphatic hydroxyl groups is 1. The average Bonchev–Trinajstić information content (AvgIpc) is 3.32. The number of carbonyl (C=O) groups is 3. The first-order chi connectivity index (χ1) is 18.2. The Bertz CT molecular complexity index is 1270. The number of rotatable bonds is 6. The normalized spacial score (nSPS) is 39.1. The van der Waals surface area contributed by atoms with Crippen LogP contribution in [0.5, 0.6) is 0 Å². The molecule has 1 N–H and O–H groups in total. The summed E-state index contributed by atoms with van der Waals surface area (Å²) in [4.78, 5) is 41.0. The average molecular weight is 533 g/mol. The fourth-order valence-electron chi connectivity index (χ4n) is 10.9. The van der Waals surface area contributed by atoms with Gasteiger partial charge in [0, 0.05) is 28.6 Å². The Labute approximate surface area is 234 Å². The molecule has 0 saturated heterocycles. The highest BCUT2D eigenvalue weighted by atomic mass is 16.3. The van der Waals surface area contributed by atoms with E-state index in [9.17, 15) is 19.5 Å². The zero-order valence-electron chi connectivity index (χ0n) is 25.4. The summed E-state index contributed by atoms with van der Waals surface area (Å²) in [6.07, 6.45) is 7.22. The quantitative estimate of drug-likeness (QED) is 0.380. The zero-order valence-corrected chi connectivity index (χ0v) is 25.4. The summed E-state index contributed by atoms with van der Waals surface area (Å²) in [6.45, 7) is 17.2. The monoisotopic (exact) mass is 532 g/mol. The van der Waals surface area contributed by atoms with Crippen LogP contribution in [0, 0.1) is 57.7 Å². The van der Waals surface area contributed by atoms with Crippen LogP contribution in [0.25, 0.3) is 0 Å². The van der Waals surface area contributed by atoms with E-state index >= 15 is 0 Å². The first-order valence-electron chi connectivity index (χ1n) is 15.7. The van der Waals surface area contributed by atoms with Crippen LogP contribution < -0.4 is 0 Å². The van der Waals surface area contributed by atoms with Crippen LogP contribution in [-0.2, 0) is 14.4 Å². The van der Waals surface area contributed by atoms with Gasteiger partial charge in [0.1, 0.15) is 5.78 Å². The minimum atomic E-state index is -0.626. The number of hydrogen-bond acceptors (Lipinski definition) is 4. The molecule has 0 heterocycles. The van der Waals surface area contributed by atoms with Crippen molar-refractivity contribution in [1.82, 2.24) is 0 Å². The van der Waals surface area contributed by atoms with Gasteiger partial charge >= 0.3 is 0 Å². The van der Waals surface area contributed by atoms with Gasteiger partial charge in [-0.1, -0.05) is 54.9 Å². The van der Waals surface area contributed by atoms with Crippen LogP contribution in [0.2, 0.25) is 0 Å². The standard InChI is InChI=1S/C35H48O4/c1-17(2)20(11-10-19(5)36)25-21-12-15-35(27(21)25)28-24(18(3)4)30(37)31(38)29-26(28)22(32(35)39)16-23-33(6,7)13-9-14-34(23,29)8/h17-18,20-21,23,25,27,38H,9-16H2,1-8H3/t20-,21-,23-,25-,27-,34-,35+/m0/s1. The van der Waals surface area contributed by atoms with Crippen molar-refractivity contribution in [2.75, 3.05) is 0 Å². The Morgan fingerprint density at radius 1 is 1.03 bits per heavy atom. The molecule has 0 amide bonds. The molecule has 7 atom stereocenters. The summed E-state index contributed by atoms with van der Waals surface area (Å²) in [5, 5.41) is 11.7. The van der Waals surface area contributed by atoms with Gasteiger partial charge in [-0.3, -0.25) is 9.59 Å². The molecule has 212 valence electrons. The van der Waals surface area contributed by atoms with Crippen molar-refractivity contribution in [3.63, 3.8) is 0 Å². The highest BCUT2D eigenvalue weighted by molar-refractivity contribution is 6.18. The molecule has 6 aliphatic rings. The smallest absolute Gasteiger partial charge is 0.224 e. The van der Waals surface area contributed by atoms with Gasteiger partial charge in [0.05, 0.1) is 5.41 Å².